The van der Waals surface area contributed by atoms with Crippen LogP contribution in [0.25, 0.3) is 10.8 Å². The van der Waals surface area contributed by atoms with Crippen LogP contribution < -0.4 is 0 Å². The lowest BCUT2D eigenvalue weighted by molar-refractivity contribution is -0.382. The van der Waals surface area contributed by atoms with Crippen LogP contribution in [-0.2, 0) is 20.2 Å². The van der Waals surface area contributed by atoms with E-state index in [1.54, 1.807) is 12.1 Å². The Labute approximate surface area is 215 Å². The third-order valence-electron chi connectivity index (χ3n) is 7.15. The van der Waals surface area contributed by atoms with E-state index in [1.165, 1.54) is 25.0 Å². The molecule has 38 heavy (non-hydrogen) atoms. The maximum atomic E-state index is 14.4. The highest BCUT2D eigenvalue weighted by Gasteiger charge is 2.86. The maximum Gasteiger partial charge on any atom is 0.460 e. The van der Waals surface area contributed by atoms with Gasteiger partial charge in [0, 0.05) is 16.4 Å². The third-order valence-corrected chi connectivity index (χ3v) is 12.8. The molecule has 0 amide bonds. The quantitative estimate of drug-likeness (QED) is 0.289. The van der Waals surface area contributed by atoms with Gasteiger partial charge < -0.3 is 0 Å². The Balaban J connectivity index is 1.67. The zero-order valence-corrected chi connectivity index (χ0v) is 21.5. The molecule has 0 spiro atoms. The van der Waals surface area contributed by atoms with E-state index in [9.17, 15) is 47.9 Å². The minimum atomic E-state index is -7.34. The molecule has 2 fully saturated rings. The predicted octanol–water partition coefficient (Wildman–Crippen LogP) is 8.22. The van der Waals surface area contributed by atoms with Gasteiger partial charge in [-0.25, -0.2) is 3.63 Å². The van der Waals surface area contributed by atoms with Crippen LogP contribution in [-0.4, -0.2) is 43.2 Å². The Morgan fingerprint density at radius 2 is 1.32 bits per heavy atom. The molecule has 0 radical (unpaired) electrons. The summed E-state index contributed by atoms with van der Waals surface area (Å²) in [5.41, 5.74) is 1.08. The SMILES string of the molecule is O=S(=O)(OS1(c2ccc3cc(CC4CCCC4)ccc3c2)CCCC1)C(F)(F)C(F)(F)C(F)(F)C(F)(F)F. The first-order chi connectivity index (χ1) is 17.4. The molecule has 0 unspecified atom stereocenters. The number of rotatable bonds is 8. The average Bonchev–Trinajstić information content (AvgIpc) is 3.50. The van der Waals surface area contributed by atoms with Crippen molar-refractivity contribution in [2.45, 2.75) is 73.1 Å². The highest BCUT2D eigenvalue weighted by atomic mass is 32.3. The number of alkyl halides is 9. The van der Waals surface area contributed by atoms with E-state index in [0.717, 1.165) is 30.2 Å². The summed E-state index contributed by atoms with van der Waals surface area (Å²) in [6.45, 7) is 0. The van der Waals surface area contributed by atoms with E-state index >= 15 is 0 Å². The van der Waals surface area contributed by atoms with Gasteiger partial charge in [-0.05, 0) is 53.6 Å². The molecule has 14 heteroatoms. The normalized spacial score (nSPS) is 20.8. The van der Waals surface area contributed by atoms with Gasteiger partial charge in [0.15, 0.2) is 0 Å². The van der Waals surface area contributed by atoms with Crippen LogP contribution >= 0.6 is 10.3 Å². The van der Waals surface area contributed by atoms with Crippen LogP contribution in [0.5, 0.6) is 0 Å². The molecule has 0 atom stereocenters. The van der Waals surface area contributed by atoms with Gasteiger partial charge in [-0.3, -0.25) is 0 Å². The van der Waals surface area contributed by atoms with Crippen LogP contribution in [0, 0.1) is 5.92 Å². The molecule has 1 saturated carbocycles. The average molecular weight is 597 g/mol. The first kappa shape index (κ1) is 29.3. The smallest absolute Gasteiger partial charge is 0.211 e. The van der Waals surface area contributed by atoms with Crippen molar-refractivity contribution in [3.8, 4) is 0 Å². The van der Waals surface area contributed by atoms with Crippen molar-refractivity contribution < 1.29 is 51.6 Å². The number of benzene rings is 2. The second-order valence-electron chi connectivity index (χ2n) is 9.81. The molecule has 2 aromatic carbocycles. The van der Waals surface area contributed by atoms with E-state index in [1.807, 2.05) is 12.1 Å². The molecule has 1 heterocycles. The zero-order valence-electron chi connectivity index (χ0n) is 19.8. The topological polar surface area (TPSA) is 43.4 Å². The minimum Gasteiger partial charge on any atom is -0.211 e. The first-order valence-electron chi connectivity index (χ1n) is 11.9. The molecular formula is C24H25F9O3S2. The molecule has 4 rings (SSSR count). The van der Waals surface area contributed by atoms with Crippen molar-refractivity contribution in [2.75, 3.05) is 11.5 Å². The van der Waals surface area contributed by atoms with Crippen LogP contribution in [0.1, 0.15) is 44.1 Å². The summed E-state index contributed by atoms with van der Waals surface area (Å²) in [5.74, 6) is -14.4. The van der Waals surface area contributed by atoms with E-state index in [-0.39, 0.29) is 29.2 Å². The minimum absolute atomic E-state index is 0.0938. The van der Waals surface area contributed by atoms with Crippen molar-refractivity contribution in [1.29, 1.82) is 0 Å². The summed E-state index contributed by atoms with van der Waals surface area (Å²) in [7, 11) is -10.2. The second-order valence-corrected chi connectivity index (χ2v) is 14.7. The van der Waals surface area contributed by atoms with Crippen LogP contribution in [0.4, 0.5) is 39.5 Å². The molecule has 0 bridgehead atoms. The summed E-state index contributed by atoms with van der Waals surface area (Å²) in [4.78, 5) is 0.0938. The largest absolute Gasteiger partial charge is 0.460 e. The van der Waals surface area contributed by atoms with Gasteiger partial charge in [0.25, 0.3) is 0 Å². The molecule has 1 aliphatic heterocycles. The van der Waals surface area contributed by atoms with Crippen LogP contribution in [0.15, 0.2) is 41.3 Å². The Bertz CT molecular complexity index is 1280. The summed E-state index contributed by atoms with van der Waals surface area (Å²) in [5, 5.41) is -5.53. The van der Waals surface area contributed by atoms with Gasteiger partial charge in [-0.2, -0.15) is 47.9 Å². The van der Waals surface area contributed by atoms with Crippen molar-refractivity contribution in [1.82, 2.24) is 0 Å². The first-order valence-corrected chi connectivity index (χ1v) is 15.2. The lowest BCUT2D eigenvalue weighted by Crippen LogP contribution is -2.63. The van der Waals surface area contributed by atoms with E-state index in [4.69, 9.17) is 0 Å². The predicted molar refractivity (Wildman–Crippen MR) is 125 cm³/mol. The standard InChI is InChI=1S/C24H25F9O3S2/c25-21(26,23(29,30)31)22(27,28)24(32,33)38(34,35)36-37(11-3-4-12-37)20-10-9-18-14-17(7-8-19(18)15-20)13-16-5-1-2-6-16/h7-10,14-16H,1-6,11-13H2. The molecule has 0 aromatic heterocycles. The van der Waals surface area contributed by atoms with Crippen LogP contribution in [0.2, 0.25) is 0 Å². The monoisotopic (exact) mass is 596 g/mol. The summed E-state index contributed by atoms with van der Waals surface area (Å²) >= 11 is 0. The Morgan fingerprint density at radius 1 is 0.763 bits per heavy atom. The van der Waals surface area contributed by atoms with Gasteiger partial charge in [0.1, 0.15) is 0 Å². The molecule has 214 valence electrons. The molecule has 1 aliphatic carbocycles. The number of halogens is 9. The van der Waals surface area contributed by atoms with Gasteiger partial charge >= 0.3 is 33.4 Å². The summed E-state index contributed by atoms with van der Waals surface area (Å²) < 4.78 is 150. The molecule has 0 N–H and O–H groups in total. The van der Waals surface area contributed by atoms with Gasteiger partial charge in [-0.15, -0.1) is 0 Å². The Morgan fingerprint density at radius 3 is 1.89 bits per heavy atom. The number of hydrogen-bond acceptors (Lipinski definition) is 3. The lowest BCUT2D eigenvalue weighted by Gasteiger charge is -2.38. The molecule has 3 nitrogen and oxygen atoms in total. The Kier molecular flexibility index (Phi) is 7.53. The van der Waals surface area contributed by atoms with Crippen molar-refractivity contribution in [2.24, 2.45) is 5.92 Å². The van der Waals surface area contributed by atoms with Crippen molar-refractivity contribution >= 4 is 31.2 Å². The Hall–Kier alpha value is -1.67. The third kappa shape index (κ3) is 4.89. The fourth-order valence-electron chi connectivity index (χ4n) is 5.03. The van der Waals surface area contributed by atoms with Gasteiger partial charge in [-0.1, -0.05) is 60.3 Å². The van der Waals surface area contributed by atoms with Gasteiger partial charge in [0.2, 0.25) is 0 Å². The molecule has 2 aliphatic rings. The van der Waals surface area contributed by atoms with E-state index in [0.29, 0.717) is 11.3 Å². The molecule has 1 saturated heterocycles. The highest BCUT2D eigenvalue weighted by molar-refractivity contribution is 8.33. The van der Waals surface area contributed by atoms with E-state index in [2.05, 4.69) is 3.63 Å². The fourth-order valence-corrected chi connectivity index (χ4v) is 10.7. The zero-order chi connectivity index (χ0) is 28.2. The van der Waals surface area contributed by atoms with Gasteiger partial charge in [0.05, 0.1) is 0 Å². The second kappa shape index (κ2) is 9.76. The van der Waals surface area contributed by atoms with Crippen LogP contribution in [0.3, 0.4) is 0 Å². The maximum absolute atomic E-state index is 14.4. The summed E-state index contributed by atoms with van der Waals surface area (Å²) in [6, 6.07) is 10.00. The fraction of sp³-hybridized carbons (Fsp3) is 0.583. The highest BCUT2D eigenvalue weighted by Crippen LogP contribution is 2.65. The van der Waals surface area contributed by atoms with Crippen molar-refractivity contribution in [3.05, 3.63) is 42.0 Å². The lowest BCUT2D eigenvalue weighted by atomic mass is 9.96. The molecular weight excluding hydrogens is 571 g/mol. The van der Waals surface area contributed by atoms with Crippen molar-refractivity contribution in [3.63, 3.8) is 0 Å². The molecule has 2 aromatic rings. The number of fused-ring (bicyclic) bond motifs is 1. The number of hydrogen-bond donors (Lipinski definition) is 0. The summed E-state index contributed by atoms with van der Waals surface area (Å²) in [6.07, 6.45) is -1.14. The van der Waals surface area contributed by atoms with E-state index < -0.39 is 43.7 Å².